The van der Waals surface area contributed by atoms with Gasteiger partial charge in [0.05, 0.1) is 19.1 Å². The number of ether oxygens (including phenoxy) is 1. The van der Waals surface area contributed by atoms with E-state index in [2.05, 4.69) is 5.32 Å². The summed E-state index contributed by atoms with van der Waals surface area (Å²) in [4.78, 5) is 11.4. The predicted molar refractivity (Wildman–Crippen MR) is 62.4 cm³/mol. The van der Waals surface area contributed by atoms with Gasteiger partial charge in [0.25, 0.3) is 0 Å². The van der Waals surface area contributed by atoms with Gasteiger partial charge in [0.1, 0.15) is 5.75 Å². The lowest BCUT2D eigenvalue weighted by atomic mass is 10.3. The topological polar surface area (TPSA) is 58.6 Å². The summed E-state index contributed by atoms with van der Waals surface area (Å²) in [5, 5.41) is 11.9. The fourth-order valence-corrected chi connectivity index (χ4v) is 1.19. The Labute approximate surface area is 95.2 Å². The third-order valence-electron chi connectivity index (χ3n) is 1.91. The highest BCUT2D eigenvalue weighted by atomic mass is 16.5. The van der Waals surface area contributed by atoms with Crippen LogP contribution in [0.1, 0.15) is 20.3 Å². The maximum Gasteiger partial charge on any atom is 0.226 e. The van der Waals surface area contributed by atoms with Gasteiger partial charge in [-0.15, -0.1) is 0 Å². The van der Waals surface area contributed by atoms with Crippen LogP contribution in [0.5, 0.6) is 5.75 Å². The van der Waals surface area contributed by atoms with Gasteiger partial charge in [-0.05, 0) is 26.0 Å². The van der Waals surface area contributed by atoms with Crippen LogP contribution in [0.3, 0.4) is 0 Å². The number of rotatable bonds is 5. The molecule has 88 valence electrons. The summed E-state index contributed by atoms with van der Waals surface area (Å²) in [6, 6.07) is 6.45. The van der Waals surface area contributed by atoms with Crippen LogP contribution in [-0.4, -0.2) is 23.7 Å². The molecule has 0 aliphatic rings. The van der Waals surface area contributed by atoms with Crippen molar-refractivity contribution in [2.24, 2.45) is 0 Å². The molecule has 16 heavy (non-hydrogen) atoms. The number of hydrogen-bond donors (Lipinski definition) is 2. The number of carbonyl (C=O) groups excluding carboxylic acids is 1. The zero-order valence-corrected chi connectivity index (χ0v) is 9.56. The molecule has 0 saturated carbocycles. The monoisotopic (exact) mass is 223 g/mol. The average molecular weight is 223 g/mol. The highest BCUT2D eigenvalue weighted by Crippen LogP contribution is 2.15. The molecule has 0 spiro atoms. The van der Waals surface area contributed by atoms with Crippen molar-refractivity contribution in [1.82, 2.24) is 0 Å². The third-order valence-corrected chi connectivity index (χ3v) is 1.91. The summed E-state index contributed by atoms with van der Waals surface area (Å²) in [7, 11) is 0. The van der Waals surface area contributed by atoms with Gasteiger partial charge in [0.15, 0.2) is 0 Å². The molecule has 0 radical (unpaired) electrons. The molecule has 1 amide bonds. The fraction of sp³-hybridized carbons (Fsp3) is 0.417. The molecular weight excluding hydrogens is 206 g/mol. The minimum absolute atomic E-state index is 0.119. The van der Waals surface area contributed by atoms with Crippen LogP contribution in [-0.2, 0) is 9.53 Å². The van der Waals surface area contributed by atoms with Gasteiger partial charge >= 0.3 is 0 Å². The summed E-state index contributed by atoms with van der Waals surface area (Å²) in [5.74, 6) is 0.0162. The van der Waals surface area contributed by atoms with Crippen molar-refractivity contribution in [1.29, 1.82) is 0 Å². The van der Waals surface area contributed by atoms with E-state index in [0.29, 0.717) is 18.7 Å². The standard InChI is InChI=1S/C12H17NO3/c1-9(2)16-7-6-12(15)13-10-4-3-5-11(14)8-10/h3-5,8-9,14H,6-7H2,1-2H3,(H,13,15). The molecule has 1 aromatic rings. The first kappa shape index (κ1) is 12.5. The van der Waals surface area contributed by atoms with Crippen LogP contribution in [0.2, 0.25) is 0 Å². The number of amides is 1. The quantitative estimate of drug-likeness (QED) is 0.804. The SMILES string of the molecule is CC(C)OCCC(=O)Nc1cccc(O)c1. The number of phenolic OH excluding ortho intramolecular Hbond substituents is 1. The number of nitrogens with one attached hydrogen (secondary N) is 1. The van der Waals surface area contributed by atoms with E-state index in [1.54, 1.807) is 18.2 Å². The van der Waals surface area contributed by atoms with Crippen LogP contribution in [0.4, 0.5) is 5.69 Å². The van der Waals surface area contributed by atoms with Crippen molar-refractivity contribution < 1.29 is 14.6 Å². The normalized spacial score (nSPS) is 10.4. The molecule has 0 aliphatic carbocycles. The lowest BCUT2D eigenvalue weighted by molar-refractivity contribution is -0.117. The number of carbonyl (C=O) groups is 1. The molecule has 4 nitrogen and oxygen atoms in total. The van der Waals surface area contributed by atoms with Crippen molar-refractivity contribution in [3.8, 4) is 5.75 Å². The number of phenols is 1. The van der Waals surface area contributed by atoms with Gasteiger partial charge in [0, 0.05) is 11.8 Å². The first-order valence-electron chi connectivity index (χ1n) is 5.28. The van der Waals surface area contributed by atoms with E-state index in [9.17, 15) is 9.90 Å². The number of benzene rings is 1. The van der Waals surface area contributed by atoms with Gasteiger partial charge in [0.2, 0.25) is 5.91 Å². The fourth-order valence-electron chi connectivity index (χ4n) is 1.19. The molecule has 0 fully saturated rings. The second kappa shape index (κ2) is 6.12. The Morgan fingerprint density at radius 3 is 2.88 bits per heavy atom. The minimum atomic E-state index is -0.119. The zero-order valence-electron chi connectivity index (χ0n) is 9.56. The van der Waals surface area contributed by atoms with Crippen LogP contribution in [0.15, 0.2) is 24.3 Å². The van der Waals surface area contributed by atoms with E-state index >= 15 is 0 Å². The van der Waals surface area contributed by atoms with E-state index < -0.39 is 0 Å². The molecule has 4 heteroatoms. The minimum Gasteiger partial charge on any atom is -0.508 e. The van der Waals surface area contributed by atoms with Crippen LogP contribution in [0.25, 0.3) is 0 Å². The predicted octanol–water partition coefficient (Wildman–Crippen LogP) is 2.15. The first-order valence-corrected chi connectivity index (χ1v) is 5.28. The molecular formula is C12H17NO3. The molecule has 0 aromatic heterocycles. The maximum absolute atomic E-state index is 11.4. The summed E-state index contributed by atoms with van der Waals surface area (Å²) in [6.45, 7) is 4.25. The summed E-state index contributed by atoms with van der Waals surface area (Å²) in [5.41, 5.74) is 0.592. The number of hydrogen-bond acceptors (Lipinski definition) is 3. The maximum atomic E-state index is 11.4. The van der Waals surface area contributed by atoms with Crippen molar-refractivity contribution in [3.05, 3.63) is 24.3 Å². The molecule has 2 N–H and O–H groups in total. The lowest BCUT2D eigenvalue weighted by Gasteiger charge is -2.08. The highest BCUT2D eigenvalue weighted by Gasteiger charge is 2.03. The second-order valence-corrected chi connectivity index (χ2v) is 3.77. The van der Waals surface area contributed by atoms with Crippen molar-refractivity contribution in [2.45, 2.75) is 26.4 Å². The lowest BCUT2D eigenvalue weighted by Crippen LogP contribution is -2.15. The largest absolute Gasteiger partial charge is 0.508 e. The van der Waals surface area contributed by atoms with E-state index in [4.69, 9.17) is 4.74 Å². The van der Waals surface area contributed by atoms with Gasteiger partial charge in [-0.3, -0.25) is 4.79 Å². The van der Waals surface area contributed by atoms with Crippen LogP contribution in [0, 0.1) is 0 Å². The highest BCUT2D eigenvalue weighted by molar-refractivity contribution is 5.90. The third kappa shape index (κ3) is 4.79. The summed E-state index contributed by atoms with van der Waals surface area (Å²) >= 11 is 0. The Balaban J connectivity index is 2.34. The van der Waals surface area contributed by atoms with Crippen molar-refractivity contribution in [3.63, 3.8) is 0 Å². The second-order valence-electron chi connectivity index (χ2n) is 3.77. The Hall–Kier alpha value is -1.55. The van der Waals surface area contributed by atoms with Gasteiger partial charge in [-0.2, -0.15) is 0 Å². The summed E-state index contributed by atoms with van der Waals surface area (Å²) < 4.78 is 5.26. The molecule has 0 unspecified atom stereocenters. The van der Waals surface area contributed by atoms with E-state index in [1.807, 2.05) is 13.8 Å². The smallest absolute Gasteiger partial charge is 0.226 e. The molecule has 0 bridgehead atoms. The zero-order chi connectivity index (χ0) is 12.0. The number of aromatic hydroxyl groups is 1. The van der Waals surface area contributed by atoms with Crippen molar-refractivity contribution >= 4 is 11.6 Å². The van der Waals surface area contributed by atoms with E-state index in [0.717, 1.165) is 0 Å². The Morgan fingerprint density at radius 2 is 2.25 bits per heavy atom. The molecule has 1 rings (SSSR count). The Kier molecular flexibility index (Phi) is 4.79. The summed E-state index contributed by atoms with van der Waals surface area (Å²) in [6.07, 6.45) is 0.446. The molecule has 0 saturated heterocycles. The van der Waals surface area contributed by atoms with Crippen LogP contribution < -0.4 is 5.32 Å². The van der Waals surface area contributed by atoms with Gasteiger partial charge in [-0.25, -0.2) is 0 Å². The van der Waals surface area contributed by atoms with Crippen LogP contribution >= 0.6 is 0 Å². The average Bonchev–Trinajstić information content (AvgIpc) is 2.16. The Morgan fingerprint density at radius 1 is 1.50 bits per heavy atom. The first-order chi connectivity index (χ1) is 7.58. The van der Waals surface area contributed by atoms with Gasteiger partial charge < -0.3 is 15.2 Å². The molecule has 0 aliphatic heterocycles. The molecule has 1 aromatic carbocycles. The molecule has 0 atom stereocenters. The van der Waals surface area contributed by atoms with E-state index in [-0.39, 0.29) is 17.8 Å². The number of anilines is 1. The van der Waals surface area contributed by atoms with Gasteiger partial charge in [-0.1, -0.05) is 6.07 Å². The van der Waals surface area contributed by atoms with E-state index in [1.165, 1.54) is 6.07 Å². The van der Waals surface area contributed by atoms with Crippen molar-refractivity contribution in [2.75, 3.05) is 11.9 Å². The molecule has 0 heterocycles. The Bertz CT molecular complexity index is 350.